The molecule has 8 nitrogen and oxygen atoms in total. The van der Waals surface area contributed by atoms with Crippen LogP contribution in [-0.4, -0.2) is 44.6 Å². The van der Waals surface area contributed by atoms with Crippen molar-refractivity contribution in [3.05, 3.63) is 59.9 Å². The van der Waals surface area contributed by atoms with Gasteiger partial charge in [0.25, 0.3) is 11.8 Å². The molecule has 3 N–H and O–H groups in total. The topological polar surface area (TPSA) is 117 Å². The molecule has 1 heterocycles. The molecule has 25 heavy (non-hydrogen) atoms. The lowest BCUT2D eigenvalue weighted by molar-refractivity contribution is 0.0927. The molecular weight excluding hydrogens is 344 g/mol. The molecular formula is C16H18N4O4S. The number of hydrogen-bond donors (Lipinski definition) is 3. The highest BCUT2D eigenvalue weighted by Crippen LogP contribution is 2.10. The number of anilines is 1. The van der Waals surface area contributed by atoms with Gasteiger partial charge in [0.2, 0.25) is 10.0 Å². The van der Waals surface area contributed by atoms with Crippen LogP contribution in [0.2, 0.25) is 0 Å². The van der Waals surface area contributed by atoms with Crippen LogP contribution in [0.15, 0.2) is 48.8 Å². The Morgan fingerprint density at radius 3 is 2.08 bits per heavy atom. The molecule has 0 fully saturated rings. The first-order valence-corrected chi connectivity index (χ1v) is 9.28. The normalized spacial score (nSPS) is 10.8. The summed E-state index contributed by atoms with van der Waals surface area (Å²) in [5.74, 6) is -0.583. The van der Waals surface area contributed by atoms with Crippen molar-refractivity contribution in [1.29, 1.82) is 0 Å². The fourth-order valence-electron chi connectivity index (χ4n) is 1.96. The second-order valence-electron chi connectivity index (χ2n) is 5.21. The maximum atomic E-state index is 12.0. The predicted molar refractivity (Wildman–Crippen MR) is 93.8 cm³/mol. The number of benzene rings is 1. The molecule has 0 aliphatic rings. The molecule has 0 saturated heterocycles. The minimum absolute atomic E-state index is 0.258. The van der Waals surface area contributed by atoms with Crippen LogP contribution in [0.25, 0.3) is 0 Å². The number of pyridine rings is 1. The van der Waals surface area contributed by atoms with Crippen LogP contribution in [-0.2, 0) is 10.0 Å². The Kier molecular flexibility index (Phi) is 6.07. The molecule has 1 aromatic heterocycles. The van der Waals surface area contributed by atoms with Gasteiger partial charge in [0.15, 0.2) is 0 Å². The van der Waals surface area contributed by atoms with Crippen LogP contribution in [0.5, 0.6) is 0 Å². The third-order valence-electron chi connectivity index (χ3n) is 3.07. The van der Waals surface area contributed by atoms with Crippen LogP contribution in [0, 0.1) is 0 Å². The van der Waals surface area contributed by atoms with Gasteiger partial charge in [-0.05, 0) is 36.4 Å². The first-order chi connectivity index (χ1) is 11.8. The van der Waals surface area contributed by atoms with E-state index in [1.165, 1.54) is 30.5 Å². The number of carbonyl (C=O) groups excluding carboxylic acids is 2. The number of nitrogens with one attached hydrogen (secondary N) is 3. The van der Waals surface area contributed by atoms with E-state index in [4.69, 9.17) is 0 Å². The summed E-state index contributed by atoms with van der Waals surface area (Å²) < 4.78 is 24.6. The third-order valence-corrected chi connectivity index (χ3v) is 3.68. The minimum atomic E-state index is -3.35. The molecule has 0 saturated carbocycles. The van der Waals surface area contributed by atoms with Gasteiger partial charge in [0, 0.05) is 36.7 Å². The molecule has 1 aromatic carbocycles. The highest BCUT2D eigenvalue weighted by atomic mass is 32.2. The van der Waals surface area contributed by atoms with E-state index < -0.39 is 10.0 Å². The number of rotatable bonds is 7. The van der Waals surface area contributed by atoms with Crippen LogP contribution >= 0.6 is 0 Å². The number of aromatic nitrogens is 1. The zero-order valence-electron chi connectivity index (χ0n) is 13.5. The van der Waals surface area contributed by atoms with E-state index in [0.29, 0.717) is 16.8 Å². The lowest BCUT2D eigenvalue weighted by atomic mass is 10.2. The van der Waals surface area contributed by atoms with Crippen molar-refractivity contribution in [2.24, 2.45) is 0 Å². The van der Waals surface area contributed by atoms with E-state index in [2.05, 4.69) is 20.3 Å². The highest BCUT2D eigenvalue weighted by Gasteiger charge is 2.08. The Labute approximate surface area is 145 Å². The molecule has 0 aliphatic carbocycles. The average molecular weight is 362 g/mol. The van der Waals surface area contributed by atoms with Gasteiger partial charge in [0.1, 0.15) is 0 Å². The van der Waals surface area contributed by atoms with Crippen molar-refractivity contribution >= 4 is 27.5 Å². The van der Waals surface area contributed by atoms with Gasteiger partial charge in [-0.2, -0.15) is 0 Å². The minimum Gasteiger partial charge on any atom is -0.350 e. The molecule has 0 atom stereocenters. The van der Waals surface area contributed by atoms with Crippen LogP contribution in [0.1, 0.15) is 20.7 Å². The summed E-state index contributed by atoms with van der Waals surface area (Å²) in [6, 6.07) is 9.33. The first kappa shape index (κ1) is 18.4. The third kappa shape index (κ3) is 6.22. The van der Waals surface area contributed by atoms with E-state index in [0.717, 1.165) is 6.26 Å². The molecule has 0 unspecified atom stereocenters. The highest BCUT2D eigenvalue weighted by molar-refractivity contribution is 7.92. The molecule has 0 spiro atoms. The van der Waals surface area contributed by atoms with E-state index >= 15 is 0 Å². The Bertz CT molecular complexity index is 836. The second kappa shape index (κ2) is 8.25. The summed E-state index contributed by atoms with van der Waals surface area (Å²) in [7, 11) is -3.35. The van der Waals surface area contributed by atoms with Gasteiger partial charge in [0.05, 0.1) is 11.8 Å². The van der Waals surface area contributed by atoms with Gasteiger partial charge in [-0.1, -0.05) is 0 Å². The summed E-state index contributed by atoms with van der Waals surface area (Å²) in [5.41, 5.74) is 1.21. The molecule has 0 aliphatic heterocycles. The quantitative estimate of drug-likeness (QED) is 0.624. The molecule has 2 amide bonds. The lowest BCUT2D eigenvalue weighted by Crippen LogP contribution is -2.34. The van der Waals surface area contributed by atoms with Crippen LogP contribution in [0.3, 0.4) is 0 Å². The van der Waals surface area contributed by atoms with E-state index in [9.17, 15) is 18.0 Å². The van der Waals surface area contributed by atoms with E-state index in [1.807, 2.05) is 0 Å². The average Bonchev–Trinajstić information content (AvgIpc) is 2.58. The number of amides is 2. The van der Waals surface area contributed by atoms with Crippen molar-refractivity contribution in [3.8, 4) is 0 Å². The predicted octanol–water partition coefficient (Wildman–Crippen LogP) is 0.613. The summed E-state index contributed by atoms with van der Waals surface area (Å²) in [5, 5.41) is 5.34. The first-order valence-electron chi connectivity index (χ1n) is 7.39. The Morgan fingerprint density at radius 2 is 1.56 bits per heavy atom. The van der Waals surface area contributed by atoms with Crippen LogP contribution in [0.4, 0.5) is 5.69 Å². The molecule has 132 valence electrons. The fraction of sp³-hybridized carbons (Fsp3) is 0.188. The number of nitrogens with zero attached hydrogens (tertiary/aromatic N) is 1. The van der Waals surface area contributed by atoms with Crippen LogP contribution < -0.4 is 15.4 Å². The summed E-state index contributed by atoms with van der Waals surface area (Å²) in [6.07, 6.45) is 4.08. The van der Waals surface area contributed by atoms with E-state index in [1.54, 1.807) is 18.3 Å². The summed E-state index contributed by atoms with van der Waals surface area (Å²) in [4.78, 5) is 27.6. The molecule has 2 aromatic rings. The van der Waals surface area contributed by atoms with Crippen molar-refractivity contribution in [1.82, 2.24) is 15.6 Å². The van der Waals surface area contributed by atoms with Crippen molar-refractivity contribution < 1.29 is 18.0 Å². The zero-order valence-corrected chi connectivity index (χ0v) is 14.3. The molecule has 2 rings (SSSR count). The van der Waals surface area contributed by atoms with Gasteiger partial charge >= 0.3 is 0 Å². The van der Waals surface area contributed by atoms with Gasteiger partial charge in [-0.3, -0.25) is 19.3 Å². The summed E-state index contributed by atoms with van der Waals surface area (Å²) >= 11 is 0. The lowest BCUT2D eigenvalue weighted by Gasteiger charge is -2.08. The monoisotopic (exact) mass is 362 g/mol. The molecule has 0 bridgehead atoms. The van der Waals surface area contributed by atoms with Crippen molar-refractivity contribution in [2.75, 3.05) is 24.1 Å². The number of hydrogen-bond acceptors (Lipinski definition) is 5. The molecule has 0 radical (unpaired) electrons. The fourth-order valence-corrected chi connectivity index (χ4v) is 2.52. The second-order valence-corrected chi connectivity index (χ2v) is 6.95. The van der Waals surface area contributed by atoms with Crippen molar-refractivity contribution in [2.45, 2.75) is 0 Å². The number of carbonyl (C=O) groups is 2. The Hall–Kier alpha value is -2.94. The zero-order chi connectivity index (χ0) is 18.3. The maximum absolute atomic E-state index is 12.0. The smallest absolute Gasteiger partial charge is 0.252 e. The van der Waals surface area contributed by atoms with Gasteiger partial charge in [-0.25, -0.2) is 8.42 Å². The molecule has 9 heteroatoms. The van der Waals surface area contributed by atoms with E-state index in [-0.39, 0.29) is 24.9 Å². The Morgan fingerprint density at radius 1 is 0.960 bits per heavy atom. The van der Waals surface area contributed by atoms with Gasteiger partial charge < -0.3 is 10.6 Å². The van der Waals surface area contributed by atoms with Crippen molar-refractivity contribution in [3.63, 3.8) is 0 Å². The summed E-state index contributed by atoms with van der Waals surface area (Å²) in [6.45, 7) is 0.529. The number of sulfonamides is 1. The Balaban J connectivity index is 1.77. The van der Waals surface area contributed by atoms with Gasteiger partial charge in [-0.15, -0.1) is 0 Å². The standard InChI is InChI=1S/C16H18N4O4S/c1-25(23,24)20-14-6-4-12(5-7-14)15(21)18-9-10-19-16(22)13-3-2-8-17-11-13/h2-8,11,20H,9-10H2,1H3,(H,18,21)(H,19,22). The SMILES string of the molecule is CS(=O)(=O)Nc1ccc(C(=O)NCCNC(=O)c2cccnc2)cc1. The largest absolute Gasteiger partial charge is 0.350 e. The maximum Gasteiger partial charge on any atom is 0.252 e.